The summed E-state index contributed by atoms with van der Waals surface area (Å²) in [5.74, 6) is 15.8. The summed E-state index contributed by atoms with van der Waals surface area (Å²) in [5, 5.41) is 0. The Morgan fingerprint density at radius 1 is 0.349 bits per heavy atom. The monoisotopic (exact) mass is 1420 g/mol. The predicted molar refractivity (Wildman–Crippen MR) is 357 cm³/mol. The standard InChI is InChI=1S/4C13H22OSi.C3H10OSi.CH4.H6O12Si8/c4*1-14-15(2,3)13-8-9-7-12(13)11-6-4-5-10(9)11;1-4-5(2)3;;1-13(2)19(14(3)4,15(5)6)20(16(7)8,17(9)10)18(11)12/h4*4-5,9-13H,6-8H2,1-3H3;5H,1-3H3;1H4;1,3,5,7,9,11H. The van der Waals surface area contributed by atoms with Gasteiger partial charge < -0.3 is 77.7 Å². The van der Waals surface area contributed by atoms with Crippen LogP contribution in [0.2, 0.25) is 87.6 Å². The van der Waals surface area contributed by atoms with Crippen molar-refractivity contribution in [2.24, 2.45) is 94.7 Å². The van der Waals surface area contributed by atoms with Gasteiger partial charge in [-0.3, -0.25) is 0 Å². The maximum absolute atomic E-state index is 11.4. The van der Waals surface area contributed by atoms with E-state index in [0.717, 1.165) is 117 Å². The van der Waals surface area contributed by atoms with Crippen LogP contribution >= 0.6 is 0 Å². The van der Waals surface area contributed by atoms with E-state index in [0.29, 0.717) is 0 Å². The second kappa shape index (κ2) is 29.2. The molecule has 17 nitrogen and oxygen atoms in total. The van der Waals surface area contributed by atoms with E-state index in [1.807, 2.05) is 28.4 Å². The molecule has 20 unspecified atom stereocenters. The molecule has 0 heterocycles. The largest absolute Gasteiger partial charge is 0.542 e. The van der Waals surface area contributed by atoms with Gasteiger partial charge in [-0.25, -0.2) is 0 Å². The van der Waals surface area contributed by atoms with Crippen LogP contribution in [0.4, 0.5) is 0 Å². The fraction of sp³-hybridized carbons (Fsp3) is 0.857. The maximum Gasteiger partial charge on any atom is 0.483 e. The van der Waals surface area contributed by atoms with Gasteiger partial charge in [-0.15, -0.1) is 0 Å². The summed E-state index contributed by atoms with van der Waals surface area (Å²) in [6.07, 6.45) is 25.8. The van der Waals surface area contributed by atoms with Gasteiger partial charge in [0.05, 0.1) is 0 Å². The zero-order valence-electron chi connectivity index (χ0n) is 53.4. The van der Waals surface area contributed by atoms with Crippen molar-refractivity contribution in [2.75, 3.05) is 35.5 Å². The van der Waals surface area contributed by atoms with Crippen LogP contribution in [0.15, 0.2) is 48.6 Å². The van der Waals surface area contributed by atoms with Gasteiger partial charge in [0.1, 0.15) is 0 Å². The summed E-state index contributed by atoms with van der Waals surface area (Å²) in [5.41, 5.74) is 3.75. The molecule has 86 heavy (non-hydrogen) atoms. The summed E-state index contributed by atoms with van der Waals surface area (Å²) >= 11 is 0. The quantitative estimate of drug-likeness (QED) is 0.0633. The van der Waals surface area contributed by atoms with E-state index in [-0.39, 0.29) is 7.43 Å². The van der Waals surface area contributed by atoms with E-state index >= 15 is 0 Å². The molecular weight excluding hydrogens is 1310 g/mol. The third-order valence-electron chi connectivity index (χ3n) is 24.6. The van der Waals surface area contributed by atoms with Crippen LogP contribution in [-0.4, -0.2) is 170 Å². The van der Waals surface area contributed by atoms with Crippen LogP contribution in [0.5, 0.6) is 0 Å². The number of hydrogen-bond acceptors (Lipinski definition) is 11. The lowest BCUT2D eigenvalue weighted by molar-refractivity contribution is 0.259. The van der Waals surface area contributed by atoms with Gasteiger partial charge in [0, 0.05) is 35.5 Å². The van der Waals surface area contributed by atoms with Gasteiger partial charge in [0.2, 0.25) is 0 Å². The van der Waals surface area contributed by atoms with Crippen LogP contribution in [0.3, 0.4) is 0 Å². The molecule has 486 valence electrons. The van der Waals surface area contributed by atoms with Crippen LogP contribution < -0.4 is 0 Å². The lowest BCUT2D eigenvalue weighted by Gasteiger charge is -2.38. The highest BCUT2D eigenvalue weighted by Crippen LogP contribution is 2.67. The Morgan fingerprint density at radius 3 is 0.663 bits per heavy atom. The van der Waals surface area contributed by atoms with Crippen LogP contribution in [-0.2, 0) is 48.9 Å². The van der Waals surface area contributed by atoms with Crippen LogP contribution in [0, 0.1) is 94.7 Å². The van der Waals surface area contributed by atoms with Crippen molar-refractivity contribution >= 4 is 105 Å². The zero-order valence-corrected chi connectivity index (χ0v) is 66.6. The zero-order chi connectivity index (χ0) is 63.3. The Hall–Kier alpha value is -0.821. The Bertz CT molecular complexity index is 2240. The number of fused-ring (bicyclic) bond motifs is 20. The molecule has 0 spiro atoms. The minimum absolute atomic E-state index is 0. The summed E-state index contributed by atoms with van der Waals surface area (Å²) in [6, 6.07) is 0. The molecule has 8 bridgehead atoms. The Labute approximate surface area is 530 Å². The van der Waals surface area contributed by atoms with E-state index in [1.165, 1.54) is 77.0 Å². The SMILES string of the molecule is C.CO[SiH](C)C.CO[Si](C)(C)C1CC2CC1C1CC=CC21.CO[Si](C)(C)C1CC2CC1C1CC=CC21.CO[Si](C)(C)C1CC2CC1C1CC=CC21.CO[Si](C)(C)C1CC2CC1C1CC=CC21.O=[Si](O)[Si]([Si](=O)O)([Si](=O)O)[Si]([Si](=O)O)([Si](=O)O)[Si](=O)O. The van der Waals surface area contributed by atoms with Crippen molar-refractivity contribution in [2.45, 2.75) is 172 Å². The highest BCUT2D eigenvalue weighted by atomic mass is 30.4. The van der Waals surface area contributed by atoms with Gasteiger partial charge in [0.15, 0.2) is 42.3 Å². The van der Waals surface area contributed by atoms with E-state index < -0.39 is 105 Å². The number of hydrogen-bond donors (Lipinski definition) is 6. The molecule has 0 aromatic rings. The highest BCUT2D eigenvalue weighted by molar-refractivity contribution is 8.14. The fourth-order valence-corrected chi connectivity index (χ4v) is 121. The first-order valence-corrected chi connectivity index (χ1v) is 65.4. The highest BCUT2D eigenvalue weighted by Gasteiger charge is 2.91. The summed E-state index contributed by atoms with van der Waals surface area (Å²) < 4.78 is 96.5. The molecular formula is C56H108O17Si13. The minimum Gasteiger partial charge on any atom is -0.542 e. The molecule has 20 atom stereocenters. The maximum atomic E-state index is 11.4. The molecule has 0 aromatic heterocycles. The predicted octanol–water partition coefficient (Wildman–Crippen LogP) is 7.91. The first-order valence-electron chi connectivity index (χ1n) is 31.5. The molecule has 12 aliphatic rings. The number of allylic oxidation sites excluding steroid dienone is 8. The molecule has 0 amide bonds. The van der Waals surface area contributed by atoms with Crippen molar-refractivity contribution in [1.82, 2.24) is 0 Å². The third-order valence-corrected chi connectivity index (χ3v) is 135. The second-order valence-corrected chi connectivity index (χ2v) is 99.8. The fourth-order valence-electron chi connectivity index (χ4n) is 19.5. The lowest BCUT2D eigenvalue weighted by Crippen LogP contribution is -2.91. The van der Waals surface area contributed by atoms with Crippen LogP contribution in [0.1, 0.15) is 84.5 Å². The molecule has 0 radical (unpaired) electrons. The van der Waals surface area contributed by atoms with E-state index in [2.05, 4.69) is 114 Å². The Morgan fingerprint density at radius 2 is 0.523 bits per heavy atom. The van der Waals surface area contributed by atoms with Gasteiger partial charge in [-0.2, -0.15) is 0 Å². The molecule has 12 aliphatic carbocycles. The molecule has 0 aliphatic heterocycles. The summed E-state index contributed by atoms with van der Waals surface area (Å²) in [4.78, 5) is 54.9. The van der Waals surface area contributed by atoms with Crippen molar-refractivity contribution in [3.05, 3.63) is 48.6 Å². The Balaban J connectivity index is 0.000000168. The summed E-state index contributed by atoms with van der Waals surface area (Å²) in [7, 11) is -23.8. The molecule has 0 saturated heterocycles. The molecule has 12 rings (SSSR count). The second-order valence-electron chi connectivity index (χ2n) is 29.5. The van der Waals surface area contributed by atoms with Crippen molar-refractivity contribution < 1.29 is 77.7 Å². The first kappa shape index (κ1) is 74.2. The normalized spacial score (nSPS) is 36.4. The van der Waals surface area contributed by atoms with E-state index in [1.54, 1.807) is 7.11 Å². The van der Waals surface area contributed by atoms with Crippen molar-refractivity contribution in [3.63, 3.8) is 0 Å². The van der Waals surface area contributed by atoms with Crippen molar-refractivity contribution in [1.29, 1.82) is 0 Å². The average Bonchev–Trinajstić information content (AvgIpc) is 1.24. The van der Waals surface area contributed by atoms with Gasteiger partial charge in [-0.05, 0) is 259 Å². The van der Waals surface area contributed by atoms with Gasteiger partial charge in [-0.1, -0.05) is 56.0 Å². The minimum atomic E-state index is -5.60. The Kier molecular flexibility index (Phi) is 25.2. The van der Waals surface area contributed by atoms with Crippen LogP contribution in [0.25, 0.3) is 0 Å². The molecule has 8 saturated carbocycles. The van der Waals surface area contributed by atoms with Gasteiger partial charge >= 0.3 is 63.0 Å². The summed E-state index contributed by atoms with van der Waals surface area (Å²) in [6.45, 7) is 23.6. The van der Waals surface area contributed by atoms with E-state index in [4.69, 9.17) is 50.9 Å². The van der Waals surface area contributed by atoms with Gasteiger partial charge in [0.25, 0.3) is 0 Å². The van der Waals surface area contributed by atoms with E-state index in [9.17, 15) is 26.8 Å². The molecule has 0 aromatic carbocycles. The third kappa shape index (κ3) is 13.7. The molecule has 8 fully saturated rings. The lowest BCUT2D eigenvalue weighted by atomic mass is 9.81. The average molecular weight is 1420 g/mol. The first-order chi connectivity index (χ1) is 39.7. The topological polar surface area (TPSA) is 270 Å². The molecule has 30 heteroatoms. The molecule has 6 N–H and O–H groups in total. The smallest absolute Gasteiger partial charge is 0.483 e. The van der Waals surface area contributed by atoms with Crippen molar-refractivity contribution in [3.8, 4) is 0 Å². The number of rotatable bonds is 16.